The monoisotopic (exact) mass is 228 g/mol. The Morgan fingerprint density at radius 3 is 2.53 bits per heavy atom. The fourth-order valence-corrected chi connectivity index (χ4v) is 2.94. The molecule has 0 saturated carbocycles. The maximum atomic E-state index is 4.65. The third kappa shape index (κ3) is 3.40. The minimum atomic E-state index is 0.318. The van der Waals surface area contributed by atoms with E-state index in [9.17, 15) is 0 Å². The van der Waals surface area contributed by atoms with Gasteiger partial charge in [0, 0.05) is 17.8 Å². The molecule has 1 rings (SSSR count). The smallest absolute Gasteiger partial charge is 0.157 e. The predicted molar refractivity (Wildman–Crippen MR) is 70.7 cm³/mol. The van der Waals surface area contributed by atoms with E-state index in [4.69, 9.17) is 0 Å². The van der Waals surface area contributed by atoms with Crippen molar-refractivity contribution >= 4 is 16.9 Å². The molecule has 0 radical (unpaired) electrons. The Morgan fingerprint density at radius 1 is 1.40 bits per heavy atom. The van der Waals surface area contributed by atoms with E-state index in [1.165, 1.54) is 30.2 Å². The van der Waals surface area contributed by atoms with E-state index in [0.29, 0.717) is 11.5 Å². The van der Waals surface area contributed by atoms with Gasteiger partial charge in [0.05, 0.1) is 0 Å². The van der Waals surface area contributed by atoms with Crippen molar-refractivity contribution in [3.05, 3.63) is 0 Å². The third-order valence-corrected chi connectivity index (χ3v) is 4.66. The maximum absolute atomic E-state index is 4.65. The molecule has 1 atom stereocenters. The fourth-order valence-electron chi connectivity index (χ4n) is 1.59. The summed E-state index contributed by atoms with van der Waals surface area (Å²) in [5.74, 6) is 1.89. The van der Waals surface area contributed by atoms with Crippen molar-refractivity contribution < 1.29 is 0 Å². The second kappa shape index (κ2) is 5.78. The summed E-state index contributed by atoms with van der Waals surface area (Å²) in [6.07, 6.45) is 3.60. The van der Waals surface area contributed by atoms with Gasteiger partial charge in [-0.25, -0.2) is 0 Å². The van der Waals surface area contributed by atoms with Gasteiger partial charge in [-0.2, -0.15) is 0 Å². The van der Waals surface area contributed by atoms with Gasteiger partial charge in [0.1, 0.15) is 0 Å². The number of aliphatic imine (C=N–C) groups is 1. The van der Waals surface area contributed by atoms with E-state index in [-0.39, 0.29) is 0 Å². The first kappa shape index (κ1) is 12.9. The first-order valence-electron chi connectivity index (χ1n) is 6.11. The lowest BCUT2D eigenvalue weighted by Crippen LogP contribution is -2.42. The van der Waals surface area contributed by atoms with Crippen LogP contribution in [-0.4, -0.2) is 23.0 Å². The summed E-state index contributed by atoms with van der Waals surface area (Å²) in [5.41, 5.74) is 0.318. The molecule has 1 aliphatic rings. The summed E-state index contributed by atoms with van der Waals surface area (Å²) in [5, 5.41) is 4.76. The first-order chi connectivity index (χ1) is 7.15. The quantitative estimate of drug-likeness (QED) is 0.781. The van der Waals surface area contributed by atoms with Crippen molar-refractivity contribution in [2.75, 3.05) is 12.3 Å². The molecular formula is C12H24N2S. The Morgan fingerprint density at radius 2 is 2.07 bits per heavy atom. The van der Waals surface area contributed by atoms with Crippen molar-refractivity contribution in [3.63, 3.8) is 0 Å². The third-order valence-electron chi connectivity index (χ3n) is 3.45. The van der Waals surface area contributed by atoms with Crippen molar-refractivity contribution in [2.24, 2.45) is 10.9 Å². The molecule has 1 fully saturated rings. The van der Waals surface area contributed by atoms with Crippen LogP contribution in [0.3, 0.4) is 0 Å². The average molecular weight is 228 g/mol. The van der Waals surface area contributed by atoms with Gasteiger partial charge >= 0.3 is 0 Å². The van der Waals surface area contributed by atoms with Gasteiger partial charge in [-0.1, -0.05) is 45.9 Å². The molecule has 1 N–H and O–H groups in total. The zero-order valence-electron chi connectivity index (χ0n) is 10.5. The lowest BCUT2D eigenvalue weighted by atomic mass is 9.96. The van der Waals surface area contributed by atoms with Crippen molar-refractivity contribution in [2.45, 2.75) is 52.5 Å². The second-order valence-electron chi connectivity index (χ2n) is 4.56. The summed E-state index contributed by atoms with van der Waals surface area (Å²) < 4.78 is 0. The average Bonchev–Trinajstić information content (AvgIpc) is 2.70. The Kier molecular flexibility index (Phi) is 4.97. The van der Waals surface area contributed by atoms with Gasteiger partial charge in [-0.05, 0) is 18.8 Å². The highest BCUT2D eigenvalue weighted by Crippen LogP contribution is 2.28. The van der Waals surface area contributed by atoms with E-state index in [1.807, 2.05) is 11.8 Å². The number of nitrogens with zero attached hydrogens (tertiary/aromatic N) is 1. The molecule has 0 bridgehead atoms. The second-order valence-corrected chi connectivity index (χ2v) is 5.52. The molecule has 0 aromatic carbocycles. The van der Waals surface area contributed by atoms with Crippen LogP contribution in [0.5, 0.6) is 0 Å². The number of rotatable bonds is 5. The zero-order chi connectivity index (χ0) is 11.3. The SMILES string of the molecule is CCC(C)CN=C1NC(CC)(CC)CS1. The molecule has 0 aromatic heterocycles. The predicted octanol–water partition coefficient (Wildman–Crippen LogP) is 3.28. The summed E-state index contributed by atoms with van der Waals surface area (Å²) in [4.78, 5) is 4.65. The summed E-state index contributed by atoms with van der Waals surface area (Å²) in [6.45, 7) is 9.97. The van der Waals surface area contributed by atoms with Gasteiger partial charge in [0.15, 0.2) is 5.17 Å². The number of nitrogens with one attached hydrogen (secondary N) is 1. The van der Waals surface area contributed by atoms with Gasteiger partial charge < -0.3 is 5.32 Å². The minimum Gasteiger partial charge on any atom is -0.359 e. The summed E-state index contributed by atoms with van der Waals surface area (Å²) in [7, 11) is 0. The lowest BCUT2D eigenvalue weighted by molar-refractivity contribution is 0.407. The normalized spacial score (nSPS) is 24.1. The molecule has 0 aliphatic carbocycles. The van der Waals surface area contributed by atoms with Crippen molar-refractivity contribution in [1.82, 2.24) is 5.32 Å². The van der Waals surface area contributed by atoms with Crippen LogP contribution in [0.15, 0.2) is 4.99 Å². The van der Waals surface area contributed by atoms with Crippen molar-refractivity contribution in [3.8, 4) is 0 Å². The number of hydrogen-bond donors (Lipinski definition) is 1. The minimum absolute atomic E-state index is 0.318. The maximum Gasteiger partial charge on any atom is 0.157 e. The van der Waals surface area contributed by atoms with Crippen LogP contribution in [0, 0.1) is 5.92 Å². The Balaban J connectivity index is 2.48. The van der Waals surface area contributed by atoms with Crippen LogP contribution in [0.2, 0.25) is 0 Å². The topological polar surface area (TPSA) is 24.4 Å². The molecule has 1 saturated heterocycles. The molecule has 88 valence electrons. The first-order valence-corrected chi connectivity index (χ1v) is 7.09. The molecule has 2 nitrogen and oxygen atoms in total. The molecule has 0 spiro atoms. The summed E-state index contributed by atoms with van der Waals surface area (Å²) in [6, 6.07) is 0. The van der Waals surface area contributed by atoms with Gasteiger partial charge in [0.25, 0.3) is 0 Å². The van der Waals surface area contributed by atoms with Gasteiger partial charge in [-0.3, -0.25) is 4.99 Å². The number of hydrogen-bond acceptors (Lipinski definition) is 2. The lowest BCUT2D eigenvalue weighted by Gasteiger charge is -2.25. The molecule has 3 heteroatoms. The van der Waals surface area contributed by atoms with Crippen LogP contribution in [-0.2, 0) is 0 Å². The standard InChI is InChI=1S/C12H24N2S/c1-5-10(4)8-13-11-14-12(6-2,7-3)9-15-11/h10H,5-9H2,1-4H3,(H,13,14). The van der Waals surface area contributed by atoms with E-state index in [1.54, 1.807) is 0 Å². The van der Waals surface area contributed by atoms with E-state index >= 15 is 0 Å². The zero-order valence-corrected chi connectivity index (χ0v) is 11.3. The van der Waals surface area contributed by atoms with E-state index in [0.717, 1.165) is 6.54 Å². The van der Waals surface area contributed by atoms with Crippen LogP contribution < -0.4 is 5.32 Å². The molecule has 0 amide bonds. The molecule has 1 unspecified atom stereocenters. The number of thioether (sulfide) groups is 1. The van der Waals surface area contributed by atoms with E-state index < -0.39 is 0 Å². The Hall–Kier alpha value is -0.180. The van der Waals surface area contributed by atoms with Gasteiger partial charge in [-0.15, -0.1) is 0 Å². The summed E-state index contributed by atoms with van der Waals surface area (Å²) >= 11 is 1.89. The Bertz CT molecular complexity index is 222. The fraction of sp³-hybridized carbons (Fsp3) is 0.917. The van der Waals surface area contributed by atoms with Crippen molar-refractivity contribution in [1.29, 1.82) is 0 Å². The highest BCUT2D eigenvalue weighted by molar-refractivity contribution is 8.14. The molecule has 1 aliphatic heterocycles. The highest BCUT2D eigenvalue weighted by atomic mass is 32.2. The van der Waals surface area contributed by atoms with Crippen LogP contribution in [0.25, 0.3) is 0 Å². The van der Waals surface area contributed by atoms with E-state index in [2.05, 4.69) is 38.0 Å². The van der Waals surface area contributed by atoms with Crippen LogP contribution >= 0.6 is 11.8 Å². The number of amidine groups is 1. The molecular weight excluding hydrogens is 204 g/mol. The van der Waals surface area contributed by atoms with Crippen LogP contribution in [0.4, 0.5) is 0 Å². The van der Waals surface area contributed by atoms with Gasteiger partial charge in [0.2, 0.25) is 0 Å². The largest absolute Gasteiger partial charge is 0.359 e. The molecule has 0 aromatic rings. The molecule has 15 heavy (non-hydrogen) atoms. The highest BCUT2D eigenvalue weighted by Gasteiger charge is 2.33. The van der Waals surface area contributed by atoms with Crippen LogP contribution in [0.1, 0.15) is 47.0 Å². The molecule has 1 heterocycles. The Labute approximate surface area is 98.3 Å².